The van der Waals surface area contributed by atoms with E-state index in [2.05, 4.69) is 22.5 Å². The SMILES string of the molecule is CCn1c(OC(C)C)nc2ccccc21. The molecule has 1 heterocycles. The lowest BCUT2D eigenvalue weighted by atomic mass is 10.3. The molecular weight excluding hydrogens is 188 g/mol. The van der Waals surface area contributed by atoms with Gasteiger partial charge in [-0.05, 0) is 32.9 Å². The molecule has 0 aliphatic heterocycles. The van der Waals surface area contributed by atoms with E-state index < -0.39 is 0 Å². The predicted octanol–water partition coefficient (Wildman–Crippen LogP) is 2.84. The quantitative estimate of drug-likeness (QED) is 0.768. The molecule has 0 unspecified atom stereocenters. The first-order valence-electron chi connectivity index (χ1n) is 5.34. The van der Waals surface area contributed by atoms with Gasteiger partial charge in [-0.3, -0.25) is 4.57 Å². The molecule has 0 fully saturated rings. The minimum atomic E-state index is 0.159. The second-order valence-corrected chi connectivity index (χ2v) is 3.79. The summed E-state index contributed by atoms with van der Waals surface area (Å²) in [5.74, 6) is 0. The Labute approximate surface area is 89.7 Å². The van der Waals surface area contributed by atoms with E-state index in [1.807, 2.05) is 32.0 Å². The number of aryl methyl sites for hydroxylation is 1. The highest BCUT2D eigenvalue weighted by molar-refractivity contribution is 5.76. The van der Waals surface area contributed by atoms with Crippen molar-refractivity contribution in [2.45, 2.75) is 33.4 Å². The zero-order valence-corrected chi connectivity index (χ0v) is 9.40. The fourth-order valence-corrected chi connectivity index (χ4v) is 1.66. The molecule has 2 rings (SSSR count). The first-order valence-corrected chi connectivity index (χ1v) is 5.34. The summed E-state index contributed by atoms with van der Waals surface area (Å²) in [5.41, 5.74) is 2.13. The molecule has 0 radical (unpaired) electrons. The van der Waals surface area contributed by atoms with E-state index in [1.165, 1.54) is 0 Å². The van der Waals surface area contributed by atoms with Crippen molar-refractivity contribution in [3.8, 4) is 6.01 Å². The Balaban J connectivity index is 2.54. The van der Waals surface area contributed by atoms with Crippen LogP contribution in [0.25, 0.3) is 11.0 Å². The van der Waals surface area contributed by atoms with E-state index in [9.17, 15) is 0 Å². The summed E-state index contributed by atoms with van der Waals surface area (Å²) < 4.78 is 7.77. The van der Waals surface area contributed by atoms with Gasteiger partial charge in [-0.15, -0.1) is 0 Å². The number of hydrogen-bond acceptors (Lipinski definition) is 2. The molecule has 0 saturated heterocycles. The van der Waals surface area contributed by atoms with Gasteiger partial charge < -0.3 is 4.74 Å². The highest BCUT2D eigenvalue weighted by Gasteiger charge is 2.10. The highest BCUT2D eigenvalue weighted by atomic mass is 16.5. The lowest BCUT2D eigenvalue weighted by molar-refractivity contribution is 0.214. The second-order valence-electron chi connectivity index (χ2n) is 3.79. The summed E-state index contributed by atoms with van der Waals surface area (Å²) in [4.78, 5) is 4.46. The largest absolute Gasteiger partial charge is 0.462 e. The predicted molar refractivity (Wildman–Crippen MR) is 61.2 cm³/mol. The van der Waals surface area contributed by atoms with E-state index in [0.29, 0.717) is 6.01 Å². The summed E-state index contributed by atoms with van der Waals surface area (Å²) in [6.07, 6.45) is 0.159. The topological polar surface area (TPSA) is 27.1 Å². The van der Waals surface area contributed by atoms with E-state index in [4.69, 9.17) is 4.74 Å². The van der Waals surface area contributed by atoms with Crippen LogP contribution in [0.5, 0.6) is 6.01 Å². The van der Waals surface area contributed by atoms with Gasteiger partial charge in [0, 0.05) is 6.54 Å². The van der Waals surface area contributed by atoms with E-state index in [1.54, 1.807) is 0 Å². The summed E-state index contributed by atoms with van der Waals surface area (Å²) in [6.45, 7) is 7.00. The van der Waals surface area contributed by atoms with E-state index >= 15 is 0 Å². The average molecular weight is 204 g/mol. The molecule has 0 bridgehead atoms. The molecule has 0 spiro atoms. The molecule has 3 nitrogen and oxygen atoms in total. The van der Waals surface area contributed by atoms with Crippen LogP contribution in [0, 0.1) is 0 Å². The zero-order chi connectivity index (χ0) is 10.8. The van der Waals surface area contributed by atoms with Crippen molar-refractivity contribution in [3.05, 3.63) is 24.3 Å². The molecule has 1 aromatic heterocycles. The van der Waals surface area contributed by atoms with Crippen LogP contribution in [0.4, 0.5) is 0 Å². The number of para-hydroxylation sites is 2. The molecule has 0 saturated carbocycles. The van der Waals surface area contributed by atoms with Crippen LogP contribution in [-0.2, 0) is 6.54 Å². The molecule has 2 aromatic rings. The third kappa shape index (κ3) is 1.82. The number of aromatic nitrogens is 2. The van der Waals surface area contributed by atoms with Gasteiger partial charge in [-0.25, -0.2) is 0 Å². The number of imidazole rings is 1. The minimum absolute atomic E-state index is 0.159. The number of ether oxygens (including phenoxy) is 1. The first-order chi connectivity index (χ1) is 7.22. The summed E-state index contributed by atoms with van der Waals surface area (Å²) in [5, 5.41) is 0. The van der Waals surface area contributed by atoms with Gasteiger partial charge in [-0.1, -0.05) is 12.1 Å². The molecule has 0 aliphatic carbocycles. The van der Waals surface area contributed by atoms with Crippen molar-refractivity contribution in [3.63, 3.8) is 0 Å². The summed E-state index contributed by atoms with van der Waals surface area (Å²) in [6, 6.07) is 8.81. The van der Waals surface area contributed by atoms with Crippen LogP contribution < -0.4 is 4.74 Å². The van der Waals surface area contributed by atoms with Crippen molar-refractivity contribution in [2.75, 3.05) is 0 Å². The number of hydrogen-bond donors (Lipinski definition) is 0. The molecule has 0 aliphatic rings. The van der Waals surface area contributed by atoms with Crippen LogP contribution >= 0.6 is 0 Å². The Bertz CT molecular complexity index is 460. The smallest absolute Gasteiger partial charge is 0.297 e. The van der Waals surface area contributed by atoms with Crippen molar-refractivity contribution < 1.29 is 4.74 Å². The standard InChI is InChI=1S/C12H16N2O/c1-4-14-11-8-6-5-7-10(11)13-12(14)15-9(2)3/h5-9H,4H2,1-3H3. The maximum atomic E-state index is 5.67. The Morgan fingerprint density at radius 1 is 1.33 bits per heavy atom. The van der Waals surface area contributed by atoms with Gasteiger partial charge in [-0.2, -0.15) is 4.98 Å². The third-order valence-electron chi connectivity index (χ3n) is 2.28. The van der Waals surface area contributed by atoms with Crippen molar-refractivity contribution in [1.29, 1.82) is 0 Å². The lowest BCUT2D eigenvalue weighted by Gasteiger charge is -2.10. The van der Waals surface area contributed by atoms with Crippen LogP contribution in [0.3, 0.4) is 0 Å². The summed E-state index contributed by atoms with van der Waals surface area (Å²) in [7, 11) is 0. The monoisotopic (exact) mass is 204 g/mol. The fraction of sp³-hybridized carbons (Fsp3) is 0.417. The molecule has 0 amide bonds. The van der Waals surface area contributed by atoms with Gasteiger partial charge in [0.2, 0.25) is 0 Å². The van der Waals surface area contributed by atoms with Crippen LogP contribution in [-0.4, -0.2) is 15.7 Å². The van der Waals surface area contributed by atoms with Crippen LogP contribution in [0.2, 0.25) is 0 Å². The summed E-state index contributed by atoms with van der Waals surface area (Å²) >= 11 is 0. The number of nitrogens with zero attached hydrogens (tertiary/aromatic N) is 2. The zero-order valence-electron chi connectivity index (χ0n) is 9.40. The van der Waals surface area contributed by atoms with Crippen LogP contribution in [0.15, 0.2) is 24.3 Å². The average Bonchev–Trinajstić information content (AvgIpc) is 2.53. The molecule has 3 heteroatoms. The van der Waals surface area contributed by atoms with Crippen molar-refractivity contribution in [1.82, 2.24) is 9.55 Å². The van der Waals surface area contributed by atoms with Crippen molar-refractivity contribution >= 4 is 11.0 Å². The van der Waals surface area contributed by atoms with Gasteiger partial charge >= 0.3 is 0 Å². The molecular formula is C12H16N2O. The molecule has 0 N–H and O–H groups in total. The van der Waals surface area contributed by atoms with E-state index in [0.717, 1.165) is 17.6 Å². The molecule has 0 atom stereocenters. The number of fused-ring (bicyclic) bond motifs is 1. The second kappa shape index (κ2) is 3.93. The van der Waals surface area contributed by atoms with Crippen molar-refractivity contribution in [2.24, 2.45) is 0 Å². The molecule has 80 valence electrons. The normalized spacial score (nSPS) is 11.2. The Morgan fingerprint density at radius 3 is 2.73 bits per heavy atom. The Morgan fingerprint density at radius 2 is 2.07 bits per heavy atom. The first kappa shape index (κ1) is 10.0. The maximum Gasteiger partial charge on any atom is 0.297 e. The Hall–Kier alpha value is -1.51. The lowest BCUT2D eigenvalue weighted by Crippen LogP contribution is -2.10. The van der Waals surface area contributed by atoms with E-state index in [-0.39, 0.29) is 6.10 Å². The van der Waals surface area contributed by atoms with Gasteiger partial charge in [0.25, 0.3) is 6.01 Å². The third-order valence-corrected chi connectivity index (χ3v) is 2.28. The minimum Gasteiger partial charge on any atom is -0.462 e. The highest BCUT2D eigenvalue weighted by Crippen LogP contribution is 2.21. The molecule has 1 aromatic carbocycles. The van der Waals surface area contributed by atoms with Gasteiger partial charge in [0.15, 0.2) is 0 Å². The van der Waals surface area contributed by atoms with Gasteiger partial charge in [0.1, 0.15) is 0 Å². The van der Waals surface area contributed by atoms with Gasteiger partial charge in [0.05, 0.1) is 17.1 Å². The Kier molecular flexibility index (Phi) is 2.62. The molecule has 15 heavy (non-hydrogen) atoms. The number of benzene rings is 1. The maximum absolute atomic E-state index is 5.67. The van der Waals surface area contributed by atoms with Crippen LogP contribution in [0.1, 0.15) is 20.8 Å². The number of rotatable bonds is 3. The fourth-order valence-electron chi connectivity index (χ4n) is 1.66.